The summed E-state index contributed by atoms with van der Waals surface area (Å²) in [5, 5.41) is 2.03. The number of aromatic nitrogens is 1. The Kier molecular flexibility index (Phi) is 5.58. The summed E-state index contributed by atoms with van der Waals surface area (Å²) in [4.78, 5) is 7.97. The minimum Gasteiger partial charge on any atom is -0.444 e. The molecule has 2 aromatic heterocycles. The van der Waals surface area contributed by atoms with Gasteiger partial charge in [0.25, 0.3) is 0 Å². The van der Waals surface area contributed by atoms with Crippen molar-refractivity contribution in [3.63, 3.8) is 0 Å². The molecule has 0 amide bonds. The maximum atomic E-state index is 5.75. The fourth-order valence-corrected chi connectivity index (χ4v) is 3.16. The number of thiophene rings is 1. The van der Waals surface area contributed by atoms with E-state index in [4.69, 9.17) is 10.2 Å². The molecular weight excluding hydrogens is 306 g/mol. The van der Waals surface area contributed by atoms with Crippen LogP contribution in [0.25, 0.3) is 10.8 Å². The molecule has 4 nitrogen and oxygen atoms in total. The molecule has 0 fully saturated rings. The molecule has 120 valence electrons. The van der Waals surface area contributed by atoms with Crippen molar-refractivity contribution in [2.24, 2.45) is 5.73 Å². The van der Waals surface area contributed by atoms with Crippen LogP contribution in [-0.4, -0.2) is 29.5 Å². The van der Waals surface area contributed by atoms with E-state index in [1.165, 1.54) is 5.56 Å². The van der Waals surface area contributed by atoms with Gasteiger partial charge < -0.3 is 10.2 Å². The van der Waals surface area contributed by atoms with Crippen molar-refractivity contribution in [2.45, 2.75) is 13.0 Å². The van der Waals surface area contributed by atoms with Gasteiger partial charge in [-0.05, 0) is 23.4 Å². The molecule has 5 heteroatoms. The fraction of sp³-hybridized carbons (Fsp3) is 0.278. The third-order valence-corrected chi connectivity index (χ3v) is 4.53. The number of nitrogens with zero attached hydrogens (tertiary/aromatic N) is 2. The first-order valence-corrected chi connectivity index (χ1v) is 8.68. The second-order valence-corrected chi connectivity index (χ2v) is 6.37. The van der Waals surface area contributed by atoms with Gasteiger partial charge in [-0.1, -0.05) is 36.4 Å². The summed E-state index contributed by atoms with van der Waals surface area (Å²) in [5.41, 5.74) is 8.05. The van der Waals surface area contributed by atoms with Gasteiger partial charge in [-0.25, -0.2) is 4.98 Å². The zero-order valence-electron chi connectivity index (χ0n) is 13.0. The van der Waals surface area contributed by atoms with Gasteiger partial charge in [0, 0.05) is 26.2 Å². The Bertz CT molecular complexity index is 694. The third-order valence-electron chi connectivity index (χ3n) is 3.67. The Morgan fingerprint density at radius 1 is 1.09 bits per heavy atom. The van der Waals surface area contributed by atoms with Crippen LogP contribution < -0.4 is 5.73 Å². The Labute approximate surface area is 140 Å². The maximum Gasteiger partial charge on any atom is 0.236 e. The van der Waals surface area contributed by atoms with Crippen LogP contribution in [0.5, 0.6) is 0 Å². The summed E-state index contributed by atoms with van der Waals surface area (Å²) < 4.78 is 5.59. The minimum absolute atomic E-state index is 0.643. The molecule has 2 heterocycles. The average molecular weight is 327 g/mol. The first-order valence-electron chi connectivity index (χ1n) is 7.80. The highest BCUT2D eigenvalue weighted by molar-refractivity contribution is 7.13. The predicted molar refractivity (Wildman–Crippen MR) is 94.3 cm³/mol. The lowest BCUT2D eigenvalue weighted by Crippen LogP contribution is -2.31. The van der Waals surface area contributed by atoms with Crippen LogP contribution >= 0.6 is 11.3 Å². The van der Waals surface area contributed by atoms with E-state index in [1.807, 2.05) is 23.6 Å². The van der Waals surface area contributed by atoms with Gasteiger partial charge in [-0.15, -0.1) is 11.3 Å². The van der Waals surface area contributed by atoms with Crippen LogP contribution in [0.2, 0.25) is 0 Å². The first kappa shape index (κ1) is 15.9. The van der Waals surface area contributed by atoms with Crippen molar-refractivity contribution in [3.8, 4) is 10.8 Å². The molecule has 0 bridgehead atoms. The van der Waals surface area contributed by atoms with Crippen molar-refractivity contribution in [3.05, 3.63) is 65.4 Å². The summed E-state index contributed by atoms with van der Waals surface area (Å²) in [7, 11) is 0. The summed E-state index contributed by atoms with van der Waals surface area (Å²) in [6.07, 6.45) is 2.76. The smallest absolute Gasteiger partial charge is 0.236 e. The lowest BCUT2D eigenvalue weighted by molar-refractivity contribution is 0.273. The summed E-state index contributed by atoms with van der Waals surface area (Å²) in [6, 6.07) is 14.5. The summed E-state index contributed by atoms with van der Waals surface area (Å²) in [6.45, 7) is 3.22. The molecule has 0 radical (unpaired) electrons. The molecule has 2 N–H and O–H groups in total. The second-order valence-electron chi connectivity index (χ2n) is 5.42. The molecule has 0 spiro atoms. The SMILES string of the molecule is NCCN(CCc1ccccc1)Cc1coc(-c2cccs2)n1. The van der Waals surface area contributed by atoms with E-state index >= 15 is 0 Å². The summed E-state index contributed by atoms with van der Waals surface area (Å²) >= 11 is 1.64. The number of hydrogen-bond donors (Lipinski definition) is 1. The van der Waals surface area contributed by atoms with E-state index in [-0.39, 0.29) is 0 Å². The number of oxazole rings is 1. The topological polar surface area (TPSA) is 55.3 Å². The monoisotopic (exact) mass is 327 g/mol. The standard InChI is InChI=1S/C18H21N3OS/c19-9-11-21(10-8-15-5-2-1-3-6-15)13-16-14-22-18(20-16)17-7-4-12-23-17/h1-7,12,14H,8-11,13,19H2. The van der Waals surface area contributed by atoms with Crippen molar-refractivity contribution >= 4 is 11.3 Å². The van der Waals surface area contributed by atoms with Crippen molar-refractivity contribution in [2.75, 3.05) is 19.6 Å². The van der Waals surface area contributed by atoms with Crippen LogP contribution in [0.15, 0.2) is 58.5 Å². The molecule has 0 unspecified atom stereocenters. The lowest BCUT2D eigenvalue weighted by Gasteiger charge is -2.20. The quantitative estimate of drug-likeness (QED) is 0.689. The van der Waals surface area contributed by atoms with Gasteiger partial charge in [0.05, 0.1) is 10.6 Å². The molecule has 3 aromatic rings. The van der Waals surface area contributed by atoms with Crippen LogP contribution in [-0.2, 0) is 13.0 Å². The van der Waals surface area contributed by atoms with Crippen LogP contribution in [0, 0.1) is 0 Å². The molecule has 23 heavy (non-hydrogen) atoms. The molecule has 0 atom stereocenters. The van der Waals surface area contributed by atoms with E-state index in [2.05, 4.69) is 34.1 Å². The Morgan fingerprint density at radius 2 is 1.96 bits per heavy atom. The number of rotatable bonds is 8. The Balaban J connectivity index is 1.60. The first-order chi connectivity index (χ1) is 11.3. The summed E-state index contributed by atoms with van der Waals surface area (Å²) in [5.74, 6) is 0.700. The van der Waals surface area contributed by atoms with Gasteiger partial charge in [0.15, 0.2) is 0 Å². The second kappa shape index (κ2) is 8.06. The van der Waals surface area contributed by atoms with Crippen LogP contribution in [0.3, 0.4) is 0 Å². The van der Waals surface area contributed by atoms with E-state index in [9.17, 15) is 0 Å². The van der Waals surface area contributed by atoms with Crippen molar-refractivity contribution < 1.29 is 4.42 Å². The third kappa shape index (κ3) is 4.51. The van der Waals surface area contributed by atoms with Crippen LogP contribution in [0.1, 0.15) is 11.3 Å². The van der Waals surface area contributed by atoms with E-state index in [0.717, 1.165) is 36.6 Å². The lowest BCUT2D eigenvalue weighted by atomic mass is 10.1. The predicted octanol–water partition coefficient (Wildman–Crippen LogP) is 3.41. The van der Waals surface area contributed by atoms with Gasteiger partial charge >= 0.3 is 0 Å². The zero-order chi connectivity index (χ0) is 15.9. The normalized spacial score (nSPS) is 11.2. The van der Waals surface area contributed by atoms with E-state index in [0.29, 0.717) is 12.4 Å². The van der Waals surface area contributed by atoms with Gasteiger partial charge in [0.1, 0.15) is 6.26 Å². The van der Waals surface area contributed by atoms with Crippen molar-refractivity contribution in [1.29, 1.82) is 0 Å². The average Bonchev–Trinajstić information content (AvgIpc) is 3.25. The van der Waals surface area contributed by atoms with Crippen molar-refractivity contribution in [1.82, 2.24) is 9.88 Å². The highest BCUT2D eigenvalue weighted by atomic mass is 32.1. The Hall–Kier alpha value is -1.95. The molecule has 0 aliphatic rings. The highest BCUT2D eigenvalue weighted by Gasteiger charge is 2.11. The largest absolute Gasteiger partial charge is 0.444 e. The van der Waals surface area contributed by atoms with Crippen LogP contribution in [0.4, 0.5) is 0 Å². The molecule has 0 saturated carbocycles. The zero-order valence-corrected chi connectivity index (χ0v) is 13.8. The molecule has 0 saturated heterocycles. The number of benzene rings is 1. The molecule has 0 aliphatic heterocycles. The number of hydrogen-bond acceptors (Lipinski definition) is 5. The maximum absolute atomic E-state index is 5.75. The minimum atomic E-state index is 0.643. The Morgan fingerprint density at radius 3 is 2.70 bits per heavy atom. The van der Waals surface area contributed by atoms with E-state index in [1.54, 1.807) is 17.6 Å². The fourth-order valence-electron chi connectivity index (χ4n) is 2.51. The molecule has 3 rings (SSSR count). The van der Waals surface area contributed by atoms with E-state index < -0.39 is 0 Å². The molecule has 0 aliphatic carbocycles. The molecular formula is C18H21N3OS. The number of nitrogens with two attached hydrogens (primary N) is 1. The van der Waals surface area contributed by atoms with Gasteiger partial charge in [-0.3, -0.25) is 4.90 Å². The highest BCUT2D eigenvalue weighted by Crippen LogP contribution is 2.24. The molecule has 1 aromatic carbocycles. The van der Waals surface area contributed by atoms with Gasteiger partial charge in [-0.2, -0.15) is 0 Å². The van der Waals surface area contributed by atoms with Gasteiger partial charge in [0.2, 0.25) is 5.89 Å².